The summed E-state index contributed by atoms with van der Waals surface area (Å²) in [5, 5.41) is 0. The van der Waals surface area contributed by atoms with Crippen molar-refractivity contribution >= 4 is 23.3 Å². The van der Waals surface area contributed by atoms with E-state index in [0.29, 0.717) is 11.8 Å². The van der Waals surface area contributed by atoms with Gasteiger partial charge in [-0.3, -0.25) is 4.99 Å². The SMILES string of the molecule is [2H]C([2H])([2H])C1(C([2H])([2H])[2H])SC=NC1C(=O)OCC. The average Bonchev–Trinajstić information content (AvgIpc) is 2.60. The van der Waals surface area contributed by atoms with Gasteiger partial charge in [0.1, 0.15) is 0 Å². The fourth-order valence-corrected chi connectivity index (χ4v) is 1.43. The van der Waals surface area contributed by atoms with Gasteiger partial charge >= 0.3 is 5.97 Å². The summed E-state index contributed by atoms with van der Waals surface area (Å²) in [4.78, 5) is 15.4. The molecule has 1 aliphatic heterocycles. The Kier molecular flexibility index (Phi) is 1.20. The first-order valence-corrected chi connectivity index (χ1v) is 4.32. The molecule has 0 aliphatic carbocycles. The fraction of sp³-hybridized carbons (Fsp3) is 0.750. The zero-order valence-corrected chi connectivity index (χ0v) is 7.35. The summed E-state index contributed by atoms with van der Waals surface area (Å²) < 4.78 is 47.2. The lowest BCUT2D eigenvalue weighted by Crippen LogP contribution is -2.36. The van der Waals surface area contributed by atoms with E-state index in [4.69, 9.17) is 13.0 Å². The standard InChI is InChI=1S/C8H13NO2S/c1-4-11-7(10)6-8(2,3)12-5-9-6/h5-6H,4H2,1-3H3/i2D3,3D3. The number of rotatable bonds is 2. The van der Waals surface area contributed by atoms with Gasteiger partial charge in [-0.05, 0) is 20.6 Å². The summed E-state index contributed by atoms with van der Waals surface area (Å²) >= 11 is 0.548. The van der Waals surface area contributed by atoms with E-state index in [2.05, 4.69) is 4.99 Å². The van der Waals surface area contributed by atoms with Crippen LogP contribution in [-0.2, 0) is 9.53 Å². The lowest BCUT2D eigenvalue weighted by atomic mass is 10.0. The maximum atomic E-state index is 11.7. The fourth-order valence-electron chi connectivity index (χ4n) is 0.792. The zero-order valence-electron chi connectivity index (χ0n) is 12.5. The van der Waals surface area contributed by atoms with Gasteiger partial charge in [0.05, 0.1) is 12.2 Å². The first-order chi connectivity index (χ1) is 8.08. The second kappa shape index (κ2) is 3.47. The third-order valence-corrected chi connectivity index (χ3v) is 2.17. The molecule has 0 radical (unpaired) electrons. The summed E-state index contributed by atoms with van der Waals surface area (Å²) in [5.41, 5.74) is 1.10. The molecule has 0 aromatic carbocycles. The molecule has 0 N–H and O–H groups in total. The molecular weight excluding hydrogens is 174 g/mol. The van der Waals surface area contributed by atoms with E-state index < -0.39 is 30.5 Å². The third-order valence-electron chi connectivity index (χ3n) is 1.34. The predicted molar refractivity (Wildman–Crippen MR) is 50.6 cm³/mol. The highest BCUT2D eigenvalue weighted by Crippen LogP contribution is 2.34. The Labute approximate surface area is 85.0 Å². The van der Waals surface area contributed by atoms with Crippen LogP contribution >= 0.6 is 11.8 Å². The number of carbonyl (C=O) groups is 1. The maximum Gasteiger partial charge on any atom is 0.332 e. The number of hydrogen-bond acceptors (Lipinski definition) is 4. The molecule has 1 atom stereocenters. The Morgan fingerprint density at radius 2 is 2.67 bits per heavy atom. The topological polar surface area (TPSA) is 38.7 Å². The average molecular weight is 193 g/mol. The van der Waals surface area contributed by atoms with E-state index >= 15 is 0 Å². The van der Waals surface area contributed by atoms with Gasteiger partial charge in [0, 0.05) is 13.0 Å². The highest BCUT2D eigenvalue weighted by molar-refractivity contribution is 8.13. The highest BCUT2D eigenvalue weighted by atomic mass is 32.2. The van der Waals surface area contributed by atoms with Gasteiger partial charge in [-0.15, -0.1) is 11.8 Å². The summed E-state index contributed by atoms with van der Waals surface area (Å²) in [7, 11) is 0. The molecule has 12 heavy (non-hydrogen) atoms. The van der Waals surface area contributed by atoms with Crippen LogP contribution in [0, 0.1) is 0 Å². The van der Waals surface area contributed by atoms with Gasteiger partial charge in [0.15, 0.2) is 6.04 Å². The number of ether oxygens (including phenoxy) is 1. The highest BCUT2D eigenvalue weighted by Gasteiger charge is 2.39. The van der Waals surface area contributed by atoms with Crippen LogP contribution in [0.3, 0.4) is 0 Å². The maximum absolute atomic E-state index is 11.7. The van der Waals surface area contributed by atoms with E-state index in [0.717, 1.165) is 5.55 Å². The van der Waals surface area contributed by atoms with Gasteiger partial charge in [0.2, 0.25) is 0 Å². The van der Waals surface area contributed by atoms with Crippen LogP contribution in [0.2, 0.25) is 0 Å². The van der Waals surface area contributed by atoms with Crippen LogP contribution in [0.1, 0.15) is 28.9 Å². The van der Waals surface area contributed by atoms with Gasteiger partial charge < -0.3 is 4.74 Å². The van der Waals surface area contributed by atoms with Crippen molar-refractivity contribution in [2.75, 3.05) is 6.61 Å². The molecule has 3 nitrogen and oxygen atoms in total. The largest absolute Gasteiger partial charge is 0.464 e. The minimum atomic E-state index is -2.86. The minimum Gasteiger partial charge on any atom is -0.464 e. The van der Waals surface area contributed by atoms with Crippen molar-refractivity contribution in [3.05, 3.63) is 0 Å². The quantitative estimate of drug-likeness (QED) is 0.623. The van der Waals surface area contributed by atoms with Crippen molar-refractivity contribution in [1.82, 2.24) is 0 Å². The Bertz CT molecular complexity index is 350. The molecule has 4 heteroatoms. The van der Waals surface area contributed by atoms with Gasteiger partial charge in [-0.25, -0.2) is 4.79 Å². The molecular formula is C8H13NO2S. The molecule has 0 fully saturated rings. The summed E-state index contributed by atoms with van der Waals surface area (Å²) in [6.45, 7) is -4.14. The minimum absolute atomic E-state index is 0.0353. The van der Waals surface area contributed by atoms with Crippen molar-refractivity contribution in [3.8, 4) is 0 Å². The number of aliphatic imine (C=N–C) groups is 1. The lowest BCUT2D eigenvalue weighted by molar-refractivity contribution is -0.145. The first kappa shape index (κ1) is 4.13. The lowest BCUT2D eigenvalue weighted by Gasteiger charge is -2.21. The van der Waals surface area contributed by atoms with Crippen LogP contribution in [-0.4, -0.2) is 28.9 Å². The van der Waals surface area contributed by atoms with Crippen molar-refractivity contribution in [2.24, 2.45) is 4.99 Å². The van der Waals surface area contributed by atoms with Crippen molar-refractivity contribution in [2.45, 2.75) is 31.4 Å². The number of esters is 1. The predicted octanol–water partition coefficient (Wildman–Crippen LogP) is 1.47. The molecule has 0 bridgehead atoms. The second-order valence-corrected chi connectivity index (χ2v) is 3.35. The third kappa shape index (κ3) is 1.80. The van der Waals surface area contributed by atoms with Crippen LogP contribution in [0.5, 0.6) is 0 Å². The van der Waals surface area contributed by atoms with Gasteiger partial charge in [-0.2, -0.15) is 0 Å². The Hall–Kier alpha value is -0.510. The van der Waals surface area contributed by atoms with Crippen LogP contribution < -0.4 is 0 Å². The molecule has 1 rings (SSSR count). The molecule has 0 saturated heterocycles. The molecule has 1 heterocycles. The Morgan fingerprint density at radius 1 is 1.92 bits per heavy atom. The molecule has 0 amide bonds. The number of carbonyl (C=O) groups excluding carboxylic acids is 1. The first-order valence-electron chi connectivity index (χ1n) is 6.44. The van der Waals surface area contributed by atoms with Gasteiger partial charge in [-0.1, -0.05) is 0 Å². The zero-order chi connectivity index (χ0) is 14.2. The van der Waals surface area contributed by atoms with Crippen LogP contribution in [0.4, 0.5) is 0 Å². The molecule has 68 valence electrons. The second-order valence-electron chi connectivity index (χ2n) is 2.26. The summed E-state index contributed by atoms with van der Waals surface area (Å²) in [5.74, 6) is -0.925. The molecule has 0 aromatic rings. The monoisotopic (exact) mass is 193 g/mol. The number of hydrogen-bond donors (Lipinski definition) is 0. The molecule has 0 saturated carbocycles. The van der Waals surface area contributed by atoms with E-state index in [1.54, 1.807) is 6.92 Å². The number of thioether (sulfide) groups is 1. The molecule has 1 aliphatic rings. The van der Waals surface area contributed by atoms with E-state index in [1.165, 1.54) is 0 Å². The summed E-state index contributed by atoms with van der Waals surface area (Å²) in [6.07, 6.45) is 0. The molecule has 1 unspecified atom stereocenters. The van der Waals surface area contributed by atoms with Crippen LogP contribution in [0.15, 0.2) is 4.99 Å². The van der Waals surface area contributed by atoms with Gasteiger partial charge in [0.25, 0.3) is 0 Å². The van der Waals surface area contributed by atoms with E-state index in [1.807, 2.05) is 0 Å². The van der Waals surface area contributed by atoms with Crippen molar-refractivity contribution in [1.29, 1.82) is 0 Å². The Morgan fingerprint density at radius 3 is 3.25 bits per heavy atom. The van der Waals surface area contributed by atoms with Crippen molar-refractivity contribution < 1.29 is 17.8 Å². The van der Waals surface area contributed by atoms with E-state index in [-0.39, 0.29) is 6.61 Å². The molecule has 0 aromatic heterocycles. The summed E-state index contributed by atoms with van der Waals surface area (Å²) in [6, 6.07) is -1.54. The smallest absolute Gasteiger partial charge is 0.332 e. The van der Waals surface area contributed by atoms with E-state index in [9.17, 15) is 4.79 Å². The normalized spacial score (nSPS) is 35.2. The number of nitrogens with zero attached hydrogens (tertiary/aromatic N) is 1. The molecule has 0 spiro atoms. The van der Waals surface area contributed by atoms with Crippen LogP contribution in [0.25, 0.3) is 0 Å². The van der Waals surface area contributed by atoms with Crippen molar-refractivity contribution in [3.63, 3.8) is 0 Å². The Balaban J connectivity index is 3.24.